The van der Waals surface area contributed by atoms with Crippen molar-refractivity contribution < 1.29 is 13.2 Å². The lowest BCUT2D eigenvalue weighted by atomic mass is 9.87. The largest absolute Gasteiger partial charge is 0.358 e. The maximum atomic E-state index is 13.2. The van der Waals surface area contributed by atoms with Crippen molar-refractivity contribution in [3.63, 3.8) is 0 Å². The van der Waals surface area contributed by atoms with E-state index in [4.69, 9.17) is 0 Å². The van der Waals surface area contributed by atoms with E-state index in [0.717, 1.165) is 49.7 Å². The summed E-state index contributed by atoms with van der Waals surface area (Å²) < 4.78 is 24.6. The molecule has 3 unspecified atom stereocenters. The summed E-state index contributed by atoms with van der Waals surface area (Å²) in [5.41, 5.74) is 4.10. The normalized spacial score (nSPS) is 29.2. The first-order valence-electron chi connectivity index (χ1n) is 10.8. The fourth-order valence-corrected chi connectivity index (χ4v) is 7.40. The van der Waals surface area contributed by atoms with Crippen molar-refractivity contribution in [1.29, 1.82) is 0 Å². The Kier molecular flexibility index (Phi) is 4.70. The number of fused-ring (bicyclic) bond motifs is 3. The number of aromatic nitrogens is 1. The van der Waals surface area contributed by atoms with Gasteiger partial charge in [0.25, 0.3) is 5.91 Å². The molecular weight excluding hydrogens is 386 g/mol. The van der Waals surface area contributed by atoms with Crippen LogP contribution in [0, 0.1) is 5.92 Å². The molecule has 5 rings (SSSR count). The molecule has 0 radical (unpaired) electrons. The molecule has 2 saturated heterocycles. The predicted octanol–water partition coefficient (Wildman–Crippen LogP) is 2.28. The first-order valence-corrected chi connectivity index (χ1v) is 12.6. The Bertz CT molecular complexity index is 1050. The van der Waals surface area contributed by atoms with Crippen LogP contribution in [0.1, 0.15) is 47.8 Å². The van der Waals surface area contributed by atoms with Gasteiger partial charge in [-0.15, -0.1) is 0 Å². The number of aryl methyl sites for hydroxylation is 1. The average Bonchev–Trinajstić information content (AvgIpc) is 3.38. The molecule has 2 aliphatic heterocycles. The van der Waals surface area contributed by atoms with Crippen LogP contribution in [0.5, 0.6) is 0 Å². The fourth-order valence-electron chi connectivity index (χ4n) is 5.45. The number of sulfone groups is 1. The van der Waals surface area contributed by atoms with Crippen molar-refractivity contribution >= 4 is 26.6 Å². The third kappa shape index (κ3) is 3.48. The Morgan fingerprint density at radius 3 is 2.79 bits per heavy atom. The van der Waals surface area contributed by atoms with Crippen LogP contribution in [0.3, 0.4) is 0 Å². The number of aromatic amines is 1. The molecule has 29 heavy (non-hydrogen) atoms. The van der Waals surface area contributed by atoms with Crippen molar-refractivity contribution in [2.75, 3.05) is 24.6 Å². The number of rotatable bonds is 3. The number of amides is 1. The van der Waals surface area contributed by atoms with Gasteiger partial charge in [-0.05, 0) is 62.7 Å². The number of H-pyrrole nitrogens is 1. The van der Waals surface area contributed by atoms with Crippen LogP contribution in [-0.2, 0) is 22.7 Å². The van der Waals surface area contributed by atoms with E-state index < -0.39 is 9.84 Å². The maximum absolute atomic E-state index is 13.2. The second-order valence-electron chi connectivity index (χ2n) is 9.13. The third-order valence-corrected chi connectivity index (χ3v) is 8.68. The molecule has 2 aromatic rings. The monoisotopic (exact) mass is 415 g/mol. The molecule has 3 aliphatic rings. The average molecular weight is 416 g/mol. The molecule has 0 bridgehead atoms. The minimum absolute atomic E-state index is 0.0363. The van der Waals surface area contributed by atoms with Crippen LogP contribution >= 0.6 is 0 Å². The number of nitrogens with one attached hydrogen (secondary N) is 2. The van der Waals surface area contributed by atoms with Gasteiger partial charge in [0.1, 0.15) is 0 Å². The molecule has 7 heteroatoms. The molecular formula is C22H29N3O3S. The molecule has 1 aromatic heterocycles. The number of hydrogen-bond acceptors (Lipinski definition) is 4. The lowest BCUT2D eigenvalue weighted by Crippen LogP contribution is -2.50. The zero-order valence-corrected chi connectivity index (χ0v) is 17.7. The van der Waals surface area contributed by atoms with Gasteiger partial charge in [-0.1, -0.05) is 19.1 Å². The zero-order valence-electron chi connectivity index (χ0n) is 16.9. The Balaban J connectivity index is 1.44. The van der Waals surface area contributed by atoms with Crippen LogP contribution in [-0.4, -0.2) is 60.9 Å². The summed E-state index contributed by atoms with van der Waals surface area (Å²) in [6, 6.07) is 5.42. The summed E-state index contributed by atoms with van der Waals surface area (Å²) in [6.07, 6.45) is 5.42. The molecule has 3 heterocycles. The second kappa shape index (κ2) is 7.13. The van der Waals surface area contributed by atoms with Gasteiger partial charge >= 0.3 is 0 Å². The highest BCUT2D eigenvalue weighted by Crippen LogP contribution is 2.33. The van der Waals surface area contributed by atoms with E-state index >= 15 is 0 Å². The minimum atomic E-state index is -3.12. The molecule has 1 amide bonds. The lowest BCUT2D eigenvalue weighted by molar-refractivity contribution is 0.0920. The van der Waals surface area contributed by atoms with Crippen LogP contribution in [0.25, 0.3) is 10.9 Å². The van der Waals surface area contributed by atoms with Gasteiger partial charge in [0.15, 0.2) is 9.84 Å². The number of carbonyl (C=O) groups is 1. The SMILES string of the molecule is CC1CCc2[nH]c3c(C(=O)NC4CS(=O)(=O)CC4N4CCCC4)cccc3c2C1. The van der Waals surface area contributed by atoms with Gasteiger partial charge in [0.05, 0.1) is 28.6 Å². The van der Waals surface area contributed by atoms with Crippen LogP contribution in [0.2, 0.25) is 0 Å². The molecule has 0 saturated carbocycles. The summed E-state index contributed by atoms with van der Waals surface area (Å²) in [6.45, 7) is 4.12. The number of benzene rings is 1. The second-order valence-corrected chi connectivity index (χ2v) is 11.3. The van der Waals surface area contributed by atoms with E-state index in [1.54, 1.807) is 0 Å². The Hall–Kier alpha value is -1.86. The van der Waals surface area contributed by atoms with E-state index in [0.29, 0.717) is 11.5 Å². The van der Waals surface area contributed by atoms with Crippen molar-refractivity contribution in [2.24, 2.45) is 5.92 Å². The van der Waals surface area contributed by atoms with Crippen LogP contribution < -0.4 is 5.32 Å². The van der Waals surface area contributed by atoms with Crippen molar-refractivity contribution in [3.8, 4) is 0 Å². The topological polar surface area (TPSA) is 82.3 Å². The third-order valence-electron chi connectivity index (χ3n) is 6.96. The molecule has 1 aliphatic carbocycles. The molecule has 1 aromatic carbocycles. The summed E-state index contributed by atoms with van der Waals surface area (Å²) in [4.78, 5) is 19.0. The molecule has 156 valence electrons. The van der Waals surface area contributed by atoms with E-state index in [1.807, 2.05) is 12.1 Å². The number of nitrogens with zero attached hydrogens (tertiary/aromatic N) is 1. The maximum Gasteiger partial charge on any atom is 0.253 e. The zero-order chi connectivity index (χ0) is 20.2. The highest BCUT2D eigenvalue weighted by molar-refractivity contribution is 7.91. The van der Waals surface area contributed by atoms with Gasteiger partial charge in [-0.25, -0.2) is 8.42 Å². The number of para-hydroxylation sites is 1. The number of likely N-dealkylation sites (tertiary alicyclic amines) is 1. The van der Waals surface area contributed by atoms with Crippen molar-refractivity contribution in [2.45, 2.75) is 51.1 Å². The summed E-state index contributed by atoms with van der Waals surface area (Å²) in [5.74, 6) is 0.670. The molecule has 6 nitrogen and oxygen atoms in total. The smallest absolute Gasteiger partial charge is 0.253 e. The van der Waals surface area contributed by atoms with E-state index in [-0.39, 0.29) is 29.5 Å². The molecule has 0 spiro atoms. The summed E-state index contributed by atoms with van der Waals surface area (Å²) >= 11 is 0. The predicted molar refractivity (Wildman–Crippen MR) is 114 cm³/mol. The Labute approximate surface area is 172 Å². The highest BCUT2D eigenvalue weighted by Gasteiger charge is 2.42. The minimum Gasteiger partial charge on any atom is -0.358 e. The highest BCUT2D eigenvalue weighted by atomic mass is 32.2. The van der Waals surface area contributed by atoms with E-state index in [9.17, 15) is 13.2 Å². The van der Waals surface area contributed by atoms with Gasteiger partial charge in [-0.3, -0.25) is 9.69 Å². The van der Waals surface area contributed by atoms with E-state index in [2.05, 4.69) is 28.2 Å². The first kappa shape index (κ1) is 19.1. The fraction of sp³-hybridized carbons (Fsp3) is 0.591. The molecule has 3 atom stereocenters. The van der Waals surface area contributed by atoms with E-state index in [1.165, 1.54) is 17.7 Å². The van der Waals surface area contributed by atoms with Crippen molar-refractivity contribution in [3.05, 3.63) is 35.0 Å². The molecule has 2 fully saturated rings. The standard InChI is InChI=1S/C22H29N3O3S/c1-14-7-8-18-17(11-14)15-5-4-6-16(21(15)23-18)22(26)24-19-12-29(27,28)13-20(19)25-9-2-3-10-25/h4-6,14,19-20,23H,2-3,7-13H2,1H3,(H,24,26). The van der Waals surface area contributed by atoms with Crippen LogP contribution in [0.15, 0.2) is 18.2 Å². The first-order chi connectivity index (χ1) is 13.9. The quantitative estimate of drug-likeness (QED) is 0.806. The van der Waals surface area contributed by atoms with Gasteiger partial charge in [0.2, 0.25) is 0 Å². The Morgan fingerprint density at radius 2 is 2.00 bits per heavy atom. The number of hydrogen-bond donors (Lipinski definition) is 2. The molecule has 2 N–H and O–H groups in total. The summed E-state index contributed by atoms with van der Waals surface area (Å²) in [7, 11) is -3.12. The Morgan fingerprint density at radius 1 is 1.21 bits per heavy atom. The van der Waals surface area contributed by atoms with Gasteiger partial charge < -0.3 is 10.3 Å². The summed E-state index contributed by atoms with van der Waals surface area (Å²) in [5, 5.41) is 4.21. The number of carbonyl (C=O) groups excluding carboxylic acids is 1. The van der Waals surface area contributed by atoms with Crippen LogP contribution in [0.4, 0.5) is 0 Å². The lowest BCUT2D eigenvalue weighted by Gasteiger charge is -2.28. The van der Waals surface area contributed by atoms with Crippen molar-refractivity contribution in [1.82, 2.24) is 15.2 Å². The van der Waals surface area contributed by atoms with Gasteiger partial charge in [0, 0.05) is 17.1 Å². The van der Waals surface area contributed by atoms with Gasteiger partial charge in [-0.2, -0.15) is 0 Å².